The second kappa shape index (κ2) is 4.70. The van der Waals surface area contributed by atoms with Gasteiger partial charge in [-0.25, -0.2) is 0 Å². The number of Topliss-reactive ketones (excluding diaryl/α,β-unsaturated/α-hetero) is 1. The SMILES string of the molecule is CC[C@H]1CN(C)C[C@@H]2Cc3c([nH]c4ccccc34)C(=O)[C@H]12. The molecule has 0 saturated carbocycles. The molecule has 1 N–H and O–H groups in total. The van der Waals surface area contributed by atoms with Crippen LogP contribution in [0.5, 0.6) is 0 Å². The molecule has 2 aromatic rings. The number of hydrogen-bond donors (Lipinski definition) is 1. The number of likely N-dealkylation sites (tertiary alicyclic amines) is 1. The molecule has 2 aliphatic rings. The molecule has 3 atom stereocenters. The maximum Gasteiger partial charge on any atom is 0.183 e. The summed E-state index contributed by atoms with van der Waals surface area (Å²) in [5.74, 6) is 1.55. The van der Waals surface area contributed by atoms with Crippen LogP contribution in [-0.2, 0) is 6.42 Å². The average Bonchev–Trinajstić information content (AvgIpc) is 2.85. The Morgan fingerprint density at radius 2 is 2.10 bits per heavy atom. The van der Waals surface area contributed by atoms with Crippen LogP contribution >= 0.6 is 0 Å². The van der Waals surface area contributed by atoms with Crippen molar-refractivity contribution < 1.29 is 4.79 Å². The molecule has 3 heteroatoms. The first-order chi connectivity index (χ1) is 10.2. The molecule has 4 rings (SSSR count). The van der Waals surface area contributed by atoms with E-state index < -0.39 is 0 Å². The summed E-state index contributed by atoms with van der Waals surface area (Å²) in [6.07, 6.45) is 2.13. The van der Waals surface area contributed by atoms with Gasteiger partial charge >= 0.3 is 0 Å². The lowest BCUT2D eigenvalue weighted by molar-refractivity contribution is 0.0492. The second-order valence-corrected chi connectivity index (χ2v) is 6.77. The number of para-hydroxylation sites is 1. The van der Waals surface area contributed by atoms with Crippen molar-refractivity contribution >= 4 is 16.7 Å². The third kappa shape index (κ3) is 1.87. The highest BCUT2D eigenvalue weighted by molar-refractivity contribution is 6.05. The Balaban J connectivity index is 1.84. The molecule has 21 heavy (non-hydrogen) atoms. The highest BCUT2D eigenvalue weighted by atomic mass is 16.1. The van der Waals surface area contributed by atoms with Crippen LogP contribution in [0, 0.1) is 17.8 Å². The molecular weight excluding hydrogens is 260 g/mol. The molecule has 0 bridgehead atoms. The first-order valence-electron chi connectivity index (χ1n) is 8.01. The van der Waals surface area contributed by atoms with Gasteiger partial charge < -0.3 is 9.88 Å². The van der Waals surface area contributed by atoms with Gasteiger partial charge in [0.1, 0.15) is 0 Å². The van der Waals surface area contributed by atoms with Crippen LogP contribution in [0.3, 0.4) is 0 Å². The van der Waals surface area contributed by atoms with Crippen LogP contribution in [0.15, 0.2) is 24.3 Å². The van der Waals surface area contributed by atoms with Crippen molar-refractivity contribution in [3.05, 3.63) is 35.5 Å². The van der Waals surface area contributed by atoms with E-state index in [9.17, 15) is 4.79 Å². The van der Waals surface area contributed by atoms with Gasteiger partial charge in [-0.2, -0.15) is 0 Å². The zero-order valence-electron chi connectivity index (χ0n) is 12.7. The van der Waals surface area contributed by atoms with E-state index in [0.29, 0.717) is 17.6 Å². The molecule has 0 radical (unpaired) electrons. The Morgan fingerprint density at radius 3 is 2.90 bits per heavy atom. The number of nitrogens with zero attached hydrogens (tertiary/aromatic N) is 1. The van der Waals surface area contributed by atoms with Gasteiger partial charge in [-0.05, 0) is 36.9 Å². The number of carbonyl (C=O) groups excluding carboxylic acids is 1. The first-order valence-corrected chi connectivity index (χ1v) is 8.01. The van der Waals surface area contributed by atoms with Crippen LogP contribution in [0.2, 0.25) is 0 Å². The number of carbonyl (C=O) groups is 1. The third-order valence-electron chi connectivity index (χ3n) is 5.46. The van der Waals surface area contributed by atoms with E-state index in [1.54, 1.807) is 0 Å². The molecule has 110 valence electrons. The summed E-state index contributed by atoms with van der Waals surface area (Å²) in [6.45, 7) is 4.32. The van der Waals surface area contributed by atoms with Crippen molar-refractivity contribution in [2.75, 3.05) is 20.1 Å². The summed E-state index contributed by atoms with van der Waals surface area (Å²) < 4.78 is 0. The Labute approximate surface area is 125 Å². The first kappa shape index (κ1) is 13.1. The molecule has 0 spiro atoms. The Hall–Kier alpha value is -1.61. The van der Waals surface area contributed by atoms with E-state index in [1.807, 2.05) is 6.07 Å². The van der Waals surface area contributed by atoms with Crippen molar-refractivity contribution in [3.63, 3.8) is 0 Å². The molecule has 1 aliphatic carbocycles. The summed E-state index contributed by atoms with van der Waals surface area (Å²) in [5.41, 5.74) is 3.25. The molecule has 2 heterocycles. The summed E-state index contributed by atoms with van der Waals surface area (Å²) in [7, 11) is 2.19. The fourth-order valence-corrected chi connectivity index (χ4v) is 4.54. The van der Waals surface area contributed by atoms with Gasteiger partial charge in [0.05, 0.1) is 5.69 Å². The van der Waals surface area contributed by atoms with Crippen LogP contribution in [0.4, 0.5) is 0 Å². The zero-order chi connectivity index (χ0) is 14.6. The van der Waals surface area contributed by atoms with Gasteiger partial charge in [-0.15, -0.1) is 0 Å². The average molecular weight is 282 g/mol. The van der Waals surface area contributed by atoms with E-state index in [2.05, 4.69) is 42.1 Å². The maximum absolute atomic E-state index is 13.0. The minimum atomic E-state index is 0.215. The molecule has 1 aromatic carbocycles. The predicted octanol–water partition coefficient (Wildman–Crippen LogP) is 3.11. The maximum atomic E-state index is 13.0. The molecule has 1 aliphatic heterocycles. The van der Waals surface area contributed by atoms with E-state index in [4.69, 9.17) is 0 Å². The van der Waals surface area contributed by atoms with Crippen LogP contribution in [0.25, 0.3) is 10.9 Å². The van der Waals surface area contributed by atoms with Gasteiger partial charge in [0.25, 0.3) is 0 Å². The van der Waals surface area contributed by atoms with Crippen molar-refractivity contribution in [3.8, 4) is 0 Å². The minimum Gasteiger partial charge on any atom is -0.352 e. The fraction of sp³-hybridized carbons (Fsp3) is 0.500. The largest absolute Gasteiger partial charge is 0.352 e. The predicted molar refractivity (Wildman–Crippen MR) is 84.6 cm³/mol. The number of fused-ring (bicyclic) bond motifs is 4. The Morgan fingerprint density at radius 1 is 1.29 bits per heavy atom. The lowest BCUT2D eigenvalue weighted by atomic mass is 9.67. The van der Waals surface area contributed by atoms with Crippen molar-refractivity contribution in [1.82, 2.24) is 9.88 Å². The van der Waals surface area contributed by atoms with Crippen molar-refractivity contribution in [1.29, 1.82) is 0 Å². The number of rotatable bonds is 1. The number of nitrogens with one attached hydrogen (secondary N) is 1. The number of H-pyrrole nitrogens is 1. The second-order valence-electron chi connectivity index (χ2n) is 6.77. The summed E-state index contributed by atoms with van der Waals surface area (Å²) in [4.78, 5) is 18.8. The van der Waals surface area contributed by atoms with Crippen molar-refractivity contribution in [2.24, 2.45) is 17.8 Å². The number of benzene rings is 1. The molecule has 1 saturated heterocycles. The number of aromatic amines is 1. The number of ketones is 1. The Bertz CT molecular complexity index is 702. The molecule has 1 aromatic heterocycles. The number of piperidine rings is 1. The lowest BCUT2D eigenvalue weighted by Gasteiger charge is -2.43. The lowest BCUT2D eigenvalue weighted by Crippen LogP contribution is -2.50. The van der Waals surface area contributed by atoms with E-state index in [-0.39, 0.29) is 5.92 Å². The molecule has 3 nitrogen and oxygen atoms in total. The highest BCUT2D eigenvalue weighted by Crippen LogP contribution is 2.41. The molecule has 0 unspecified atom stereocenters. The van der Waals surface area contributed by atoms with Gasteiger partial charge in [-0.1, -0.05) is 31.5 Å². The quantitative estimate of drug-likeness (QED) is 0.872. The van der Waals surface area contributed by atoms with E-state index in [0.717, 1.165) is 37.1 Å². The Kier molecular flexibility index (Phi) is 2.93. The third-order valence-corrected chi connectivity index (χ3v) is 5.46. The highest BCUT2D eigenvalue weighted by Gasteiger charge is 2.44. The normalized spacial score (nSPS) is 29.4. The summed E-state index contributed by atoms with van der Waals surface area (Å²) in [6, 6.07) is 8.31. The van der Waals surface area contributed by atoms with Crippen molar-refractivity contribution in [2.45, 2.75) is 19.8 Å². The van der Waals surface area contributed by atoms with Gasteiger partial charge in [0.15, 0.2) is 5.78 Å². The summed E-state index contributed by atoms with van der Waals surface area (Å²) >= 11 is 0. The fourth-order valence-electron chi connectivity index (χ4n) is 4.54. The minimum absolute atomic E-state index is 0.215. The van der Waals surface area contributed by atoms with Crippen LogP contribution in [0.1, 0.15) is 29.4 Å². The molecule has 0 amide bonds. The van der Waals surface area contributed by atoms with Crippen LogP contribution < -0.4 is 0 Å². The molecule has 1 fully saturated rings. The number of aromatic nitrogens is 1. The standard InChI is InChI=1S/C18H22N2O/c1-3-11-9-20(2)10-12-8-14-13-6-4-5-7-15(13)19-17(14)18(21)16(11)12/h4-7,11-12,16,19H,3,8-10H2,1-2H3/t11-,12-,16+/m0/s1. The topological polar surface area (TPSA) is 36.1 Å². The molecular formula is C18H22N2O. The zero-order valence-corrected chi connectivity index (χ0v) is 12.7. The van der Waals surface area contributed by atoms with Gasteiger partial charge in [0, 0.05) is 29.9 Å². The van der Waals surface area contributed by atoms with Gasteiger partial charge in [0.2, 0.25) is 0 Å². The summed E-state index contributed by atoms with van der Waals surface area (Å²) in [5, 5.41) is 1.24. The smallest absolute Gasteiger partial charge is 0.183 e. The van der Waals surface area contributed by atoms with Gasteiger partial charge in [-0.3, -0.25) is 4.79 Å². The van der Waals surface area contributed by atoms with E-state index >= 15 is 0 Å². The van der Waals surface area contributed by atoms with Crippen LogP contribution in [-0.4, -0.2) is 35.8 Å². The number of hydrogen-bond acceptors (Lipinski definition) is 2. The van der Waals surface area contributed by atoms with E-state index in [1.165, 1.54) is 10.9 Å². The monoisotopic (exact) mass is 282 g/mol.